The van der Waals surface area contributed by atoms with Gasteiger partial charge in [0.15, 0.2) is 29.9 Å². The van der Waals surface area contributed by atoms with Gasteiger partial charge in [-0.05, 0) is 54.2 Å². The number of rotatable bonds is 18. The molecule has 0 bridgehead atoms. The first kappa shape index (κ1) is 39.0. The molecule has 0 unspecified atom stereocenters. The molecule has 0 aliphatic rings. The van der Waals surface area contributed by atoms with Crippen molar-refractivity contribution in [2.45, 2.75) is 43.9 Å². The molecule has 4 rings (SSSR count). The second-order valence-corrected chi connectivity index (χ2v) is 13.5. The molecule has 0 aliphatic heterocycles. The average Bonchev–Trinajstić information content (AvgIpc) is 3.13. The van der Waals surface area contributed by atoms with Crippen molar-refractivity contribution in [2.24, 2.45) is 0 Å². The predicted octanol–water partition coefficient (Wildman–Crippen LogP) is 4.70. The zero-order valence-electron chi connectivity index (χ0n) is 28.8. The van der Waals surface area contributed by atoms with Crippen LogP contribution in [0.2, 0.25) is 0 Å². The van der Waals surface area contributed by atoms with Crippen molar-refractivity contribution in [2.75, 3.05) is 44.6 Å². The SMILES string of the molecule is COc1ccccc1Oc1c(OCCO)nc(-c2ncccn2)nc1N(COC(=O)OCCCCO[N+](=O)[O-])S(=O)(=O)c1ccc(C(C)(C)C)cc1. The molecule has 0 atom stereocenters. The summed E-state index contributed by atoms with van der Waals surface area (Å²) in [5.74, 6) is -0.965. The molecular weight excluding hydrogens is 704 g/mol. The monoisotopic (exact) mass is 742 g/mol. The highest BCUT2D eigenvalue weighted by atomic mass is 32.2. The minimum absolute atomic E-state index is 0.0188. The van der Waals surface area contributed by atoms with Crippen molar-refractivity contribution in [3.8, 4) is 34.8 Å². The summed E-state index contributed by atoms with van der Waals surface area (Å²) >= 11 is 0. The summed E-state index contributed by atoms with van der Waals surface area (Å²) in [4.78, 5) is 44.4. The summed E-state index contributed by atoms with van der Waals surface area (Å²) in [7, 11) is -3.24. The van der Waals surface area contributed by atoms with Crippen LogP contribution >= 0.6 is 0 Å². The molecule has 1 N–H and O–H groups in total. The lowest BCUT2D eigenvalue weighted by atomic mass is 9.87. The number of methoxy groups -OCH3 is 1. The van der Waals surface area contributed by atoms with Crippen LogP contribution in [0.1, 0.15) is 39.2 Å². The Balaban J connectivity index is 1.85. The van der Waals surface area contributed by atoms with Gasteiger partial charge in [-0.3, -0.25) is 0 Å². The second-order valence-electron chi connectivity index (χ2n) is 11.7. The third-order valence-electron chi connectivity index (χ3n) is 6.99. The van der Waals surface area contributed by atoms with Gasteiger partial charge >= 0.3 is 6.16 Å². The highest BCUT2D eigenvalue weighted by molar-refractivity contribution is 7.92. The molecule has 278 valence electrons. The Bertz CT molecular complexity index is 1910. The molecule has 0 aliphatic carbocycles. The van der Waals surface area contributed by atoms with Gasteiger partial charge in [0.25, 0.3) is 21.0 Å². The van der Waals surface area contributed by atoms with Crippen LogP contribution in [0, 0.1) is 10.1 Å². The topological polar surface area (TPSA) is 225 Å². The van der Waals surface area contributed by atoms with E-state index in [-0.39, 0.29) is 77.8 Å². The lowest BCUT2D eigenvalue weighted by Gasteiger charge is -2.26. The summed E-state index contributed by atoms with van der Waals surface area (Å²) in [6.45, 7) is 3.79. The Kier molecular flexibility index (Phi) is 13.4. The predicted molar refractivity (Wildman–Crippen MR) is 183 cm³/mol. The van der Waals surface area contributed by atoms with E-state index in [1.165, 1.54) is 31.6 Å². The molecule has 0 spiro atoms. The number of carbonyl (C=O) groups excluding carboxylic acids is 1. The number of para-hydroxylation sites is 2. The number of nitrogens with zero attached hydrogens (tertiary/aromatic N) is 6. The van der Waals surface area contributed by atoms with Crippen molar-refractivity contribution < 1.29 is 51.9 Å². The van der Waals surface area contributed by atoms with Crippen molar-refractivity contribution in [3.05, 3.63) is 82.7 Å². The number of unbranched alkanes of at least 4 members (excludes halogenated alkanes) is 1. The number of hydrogen-bond donors (Lipinski definition) is 1. The van der Waals surface area contributed by atoms with Gasteiger partial charge in [-0.2, -0.15) is 4.98 Å². The van der Waals surface area contributed by atoms with E-state index in [1.54, 1.807) is 42.5 Å². The summed E-state index contributed by atoms with van der Waals surface area (Å²) in [5.41, 5.74) is 0.558. The van der Waals surface area contributed by atoms with Gasteiger partial charge in [0.1, 0.15) is 6.61 Å². The maximum Gasteiger partial charge on any atom is 0.510 e. The Morgan fingerprint density at radius 1 is 0.904 bits per heavy atom. The van der Waals surface area contributed by atoms with Crippen molar-refractivity contribution >= 4 is 22.0 Å². The smallest absolute Gasteiger partial charge is 0.493 e. The maximum atomic E-state index is 14.6. The minimum atomic E-state index is -4.65. The van der Waals surface area contributed by atoms with Crippen LogP contribution < -0.4 is 18.5 Å². The van der Waals surface area contributed by atoms with E-state index in [0.29, 0.717) is 4.31 Å². The van der Waals surface area contributed by atoms with Gasteiger partial charge < -0.3 is 33.6 Å². The molecule has 2 aromatic heterocycles. The molecule has 2 aromatic carbocycles. The molecule has 0 amide bonds. The van der Waals surface area contributed by atoms with Crippen LogP contribution in [0.25, 0.3) is 11.6 Å². The number of aliphatic hydroxyl groups excluding tert-OH is 1. The fraction of sp³-hybridized carbons (Fsp3) is 0.364. The van der Waals surface area contributed by atoms with Crippen LogP contribution in [0.15, 0.2) is 71.9 Å². The highest BCUT2D eigenvalue weighted by Crippen LogP contribution is 2.43. The third-order valence-corrected chi connectivity index (χ3v) is 8.72. The molecule has 0 fully saturated rings. The van der Waals surface area contributed by atoms with E-state index < -0.39 is 40.4 Å². The first-order valence-corrected chi connectivity index (χ1v) is 17.2. The number of ether oxygens (including phenoxy) is 5. The summed E-state index contributed by atoms with van der Waals surface area (Å²) in [5, 5.41) is 19.1. The normalized spacial score (nSPS) is 11.3. The largest absolute Gasteiger partial charge is 0.510 e. The molecule has 0 radical (unpaired) electrons. The lowest BCUT2D eigenvalue weighted by Crippen LogP contribution is -2.36. The number of carbonyl (C=O) groups is 1. The van der Waals surface area contributed by atoms with Crippen LogP contribution in [0.3, 0.4) is 0 Å². The molecule has 52 heavy (non-hydrogen) atoms. The number of hydrogen-bond acceptors (Lipinski definition) is 16. The fourth-order valence-corrected chi connectivity index (χ4v) is 5.67. The van der Waals surface area contributed by atoms with E-state index in [9.17, 15) is 28.4 Å². The van der Waals surface area contributed by atoms with Gasteiger partial charge in [-0.15, -0.1) is 10.1 Å². The Morgan fingerprint density at radius 2 is 1.58 bits per heavy atom. The summed E-state index contributed by atoms with van der Waals surface area (Å²) in [6.07, 6.45) is 1.99. The van der Waals surface area contributed by atoms with Gasteiger partial charge in [-0.25, -0.2) is 32.5 Å². The quantitative estimate of drug-likeness (QED) is 0.0479. The summed E-state index contributed by atoms with van der Waals surface area (Å²) < 4.78 is 57.6. The summed E-state index contributed by atoms with van der Waals surface area (Å²) in [6, 6.07) is 14.2. The Labute approximate surface area is 299 Å². The van der Waals surface area contributed by atoms with Crippen LogP contribution in [-0.4, -0.2) is 85.0 Å². The first-order chi connectivity index (χ1) is 24.8. The zero-order valence-corrected chi connectivity index (χ0v) is 29.6. The molecule has 0 saturated heterocycles. The van der Waals surface area contributed by atoms with Crippen LogP contribution in [0.5, 0.6) is 23.1 Å². The van der Waals surface area contributed by atoms with Crippen molar-refractivity contribution in [3.63, 3.8) is 0 Å². The first-order valence-electron chi connectivity index (χ1n) is 15.8. The standard InChI is InChI=1S/C33H38N6O12S/c1-33(2,3)23-12-14-24(15-13-23)52(44,45)38(22-49-32(41)48-19-7-8-20-50-39(42)43)30-27(51-26-11-6-5-10-25(26)46-4)31(47-21-18-40)37-29(36-30)28-34-16-9-17-35-28/h5-6,9-17,40H,7-8,18-22H2,1-4H3. The van der Waals surface area contributed by atoms with E-state index in [1.807, 2.05) is 20.8 Å². The van der Waals surface area contributed by atoms with E-state index >= 15 is 0 Å². The molecule has 18 nitrogen and oxygen atoms in total. The lowest BCUT2D eigenvalue weighted by molar-refractivity contribution is -0.757. The Hall–Kier alpha value is -5.82. The van der Waals surface area contributed by atoms with Crippen LogP contribution in [-0.2, 0) is 29.7 Å². The van der Waals surface area contributed by atoms with E-state index in [0.717, 1.165) is 5.56 Å². The third kappa shape index (κ3) is 10.4. The molecular formula is C33H38N6O12S. The average molecular weight is 743 g/mol. The molecule has 19 heteroatoms. The van der Waals surface area contributed by atoms with Gasteiger partial charge in [0, 0.05) is 12.4 Å². The molecule has 4 aromatic rings. The number of aromatic nitrogens is 4. The van der Waals surface area contributed by atoms with Gasteiger partial charge in [0.05, 0.1) is 31.8 Å². The van der Waals surface area contributed by atoms with Gasteiger partial charge in [0.2, 0.25) is 11.6 Å². The van der Waals surface area contributed by atoms with Crippen LogP contribution in [0.4, 0.5) is 10.6 Å². The maximum absolute atomic E-state index is 14.6. The van der Waals surface area contributed by atoms with E-state index in [2.05, 4.69) is 24.8 Å². The minimum Gasteiger partial charge on any atom is -0.493 e. The molecule has 2 heterocycles. The number of anilines is 1. The fourth-order valence-electron chi connectivity index (χ4n) is 4.40. The highest BCUT2D eigenvalue weighted by Gasteiger charge is 2.35. The zero-order chi connectivity index (χ0) is 37.7. The Morgan fingerprint density at radius 3 is 2.21 bits per heavy atom. The number of sulfonamides is 1. The van der Waals surface area contributed by atoms with Gasteiger partial charge in [-0.1, -0.05) is 45.0 Å². The molecule has 0 saturated carbocycles. The van der Waals surface area contributed by atoms with E-state index in [4.69, 9.17) is 23.7 Å². The van der Waals surface area contributed by atoms with Crippen molar-refractivity contribution in [1.29, 1.82) is 0 Å². The number of benzene rings is 2. The van der Waals surface area contributed by atoms with Crippen molar-refractivity contribution in [1.82, 2.24) is 19.9 Å². The second kappa shape index (κ2) is 17.9. The number of aliphatic hydroxyl groups is 1.